The van der Waals surface area contributed by atoms with E-state index >= 15 is 0 Å². The molecular weight excluding hydrogens is 380 g/mol. The van der Waals surface area contributed by atoms with Crippen LogP contribution >= 0.6 is 11.3 Å². The molecule has 144 valence electrons. The normalized spacial score (nSPS) is 14.6. The SMILES string of the molecule is CC(C(=O)O)N1CCc2sc(-c3ccnc(Nc4ccnn4C)n3)cc2C1=O. The monoisotopic (exact) mass is 398 g/mol. The molecular formula is C18H18N6O3S. The predicted octanol–water partition coefficient (Wildman–Crippen LogP) is 2.15. The summed E-state index contributed by atoms with van der Waals surface area (Å²) >= 11 is 1.50. The highest BCUT2D eigenvalue weighted by atomic mass is 32.1. The Balaban J connectivity index is 1.61. The van der Waals surface area contributed by atoms with Gasteiger partial charge in [0.15, 0.2) is 0 Å². The lowest BCUT2D eigenvalue weighted by molar-refractivity contribution is -0.141. The van der Waals surface area contributed by atoms with Gasteiger partial charge >= 0.3 is 5.97 Å². The van der Waals surface area contributed by atoms with Gasteiger partial charge in [-0.3, -0.25) is 9.48 Å². The first-order chi connectivity index (χ1) is 13.4. The fourth-order valence-electron chi connectivity index (χ4n) is 3.07. The highest BCUT2D eigenvalue weighted by Crippen LogP contribution is 2.34. The number of amides is 1. The number of aryl methyl sites for hydroxylation is 1. The Bertz CT molecular complexity index is 1060. The van der Waals surface area contributed by atoms with Crippen molar-refractivity contribution < 1.29 is 14.7 Å². The van der Waals surface area contributed by atoms with Crippen LogP contribution in [0.2, 0.25) is 0 Å². The number of thiophene rings is 1. The molecule has 4 heterocycles. The van der Waals surface area contributed by atoms with Gasteiger partial charge in [0.25, 0.3) is 5.91 Å². The number of aliphatic carboxylic acids is 1. The van der Waals surface area contributed by atoms with Crippen molar-refractivity contribution in [2.24, 2.45) is 7.05 Å². The third kappa shape index (κ3) is 3.22. The zero-order chi connectivity index (χ0) is 19.8. The Kier molecular flexibility index (Phi) is 4.55. The largest absolute Gasteiger partial charge is 0.480 e. The van der Waals surface area contributed by atoms with Crippen molar-refractivity contribution >= 4 is 35.0 Å². The summed E-state index contributed by atoms with van der Waals surface area (Å²) in [5.74, 6) is -0.0640. The summed E-state index contributed by atoms with van der Waals surface area (Å²) in [6.45, 7) is 1.93. The van der Waals surface area contributed by atoms with Crippen LogP contribution in [0.1, 0.15) is 22.2 Å². The molecule has 4 rings (SSSR count). The summed E-state index contributed by atoms with van der Waals surface area (Å²) in [7, 11) is 1.81. The molecule has 1 amide bonds. The highest BCUT2D eigenvalue weighted by Gasteiger charge is 2.32. The lowest BCUT2D eigenvalue weighted by Crippen LogP contribution is -2.46. The van der Waals surface area contributed by atoms with Gasteiger partial charge in [-0.15, -0.1) is 11.3 Å². The van der Waals surface area contributed by atoms with Crippen LogP contribution < -0.4 is 5.32 Å². The number of carbonyl (C=O) groups is 2. The van der Waals surface area contributed by atoms with Crippen LogP contribution in [0.15, 0.2) is 30.6 Å². The van der Waals surface area contributed by atoms with Crippen molar-refractivity contribution in [2.45, 2.75) is 19.4 Å². The van der Waals surface area contributed by atoms with Gasteiger partial charge in [0.2, 0.25) is 5.95 Å². The summed E-state index contributed by atoms with van der Waals surface area (Å²) in [5, 5.41) is 16.4. The molecule has 0 bridgehead atoms. The van der Waals surface area contributed by atoms with E-state index in [1.54, 1.807) is 29.2 Å². The van der Waals surface area contributed by atoms with E-state index in [1.165, 1.54) is 23.2 Å². The third-order valence-corrected chi connectivity index (χ3v) is 5.89. The lowest BCUT2D eigenvalue weighted by atomic mass is 10.1. The molecule has 3 aromatic rings. The van der Waals surface area contributed by atoms with E-state index in [2.05, 4.69) is 20.4 Å². The first-order valence-electron chi connectivity index (χ1n) is 8.69. The Morgan fingerprint density at radius 1 is 1.36 bits per heavy atom. The third-order valence-electron chi connectivity index (χ3n) is 4.67. The van der Waals surface area contributed by atoms with Crippen molar-refractivity contribution in [1.29, 1.82) is 0 Å². The molecule has 28 heavy (non-hydrogen) atoms. The Morgan fingerprint density at radius 3 is 2.89 bits per heavy atom. The number of carboxylic acid groups (broad SMARTS) is 1. The molecule has 10 heteroatoms. The van der Waals surface area contributed by atoms with Crippen LogP contribution in [0.3, 0.4) is 0 Å². The maximum Gasteiger partial charge on any atom is 0.326 e. The Hall–Kier alpha value is -3.27. The molecule has 0 spiro atoms. The van der Waals surface area contributed by atoms with E-state index in [0.717, 1.165) is 15.6 Å². The van der Waals surface area contributed by atoms with Crippen LogP contribution in [0.5, 0.6) is 0 Å². The number of hydrogen-bond acceptors (Lipinski definition) is 7. The smallest absolute Gasteiger partial charge is 0.326 e. The average molecular weight is 398 g/mol. The second kappa shape index (κ2) is 7.04. The lowest BCUT2D eigenvalue weighted by Gasteiger charge is -2.29. The van der Waals surface area contributed by atoms with E-state index in [4.69, 9.17) is 0 Å². The molecule has 0 saturated carbocycles. The van der Waals surface area contributed by atoms with E-state index in [-0.39, 0.29) is 5.91 Å². The van der Waals surface area contributed by atoms with Crippen LogP contribution in [-0.2, 0) is 18.3 Å². The summed E-state index contributed by atoms with van der Waals surface area (Å²) in [5.41, 5.74) is 1.25. The Morgan fingerprint density at radius 2 is 2.18 bits per heavy atom. The molecule has 0 fully saturated rings. The zero-order valence-corrected chi connectivity index (χ0v) is 16.1. The quantitative estimate of drug-likeness (QED) is 0.677. The summed E-state index contributed by atoms with van der Waals surface area (Å²) in [6.07, 6.45) is 3.96. The van der Waals surface area contributed by atoms with Crippen LogP contribution in [0.25, 0.3) is 10.6 Å². The number of fused-ring (bicyclic) bond motifs is 1. The maximum absolute atomic E-state index is 12.7. The van der Waals surface area contributed by atoms with Gasteiger partial charge in [-0.1, -0.05) is 0 Å². The van der Waals surface area contributed by atoms with Gasteiger partial charge in [0.1, 0.15) is 11.9 Å². The molecule has 1 atom stereocenters. The fourth-order valence-corrected chi connectivity index (χ4v) is 4.18. The number of anilines is 2. The molecule has 3 aromatic heterocycles. The fraction of sp³-hybridized carbons (Fsp3) is 0.278. The highest BCUT2D eigenvalue weighted by molar-refractivity contribution is 7.15. The van der Waals surface area contributed by atoms with Gasteiger partial charge in [-0.25, -0.2) is 14.8 Å². The predicted molar refractivity (Wildman–Crippen MR) is 104 cm³/mol. The van der Waals surface area contributed by atoms with Crippen molar-refractivity contribution in [1.82, 2.24) is 24.6 Å². The first kappa shape index (κ1) is 18.1. The number of carbonyl (C=O) groups excluding carboxylic acids is 1. The van der Waals surface area contributed by atoms with Crippen LogP contribution in [0, 0.1) is 0 Å². The van der Waals surface area contributed by atoms with E-state index in [9.17, 15) is 14.7 Å². The molecule has 0 aliphatic carbocycles. The molecule has 0 aromatic carbocycles. The average Bonchev–Trinajstić information content (AvgIpc) is 3.29. The van der Waals surface area contributed by atoms with Gasteiger partial charge < -0.3 is 15.3 Å². The van der Waals surface area contributed by atoms with Gasteiger partial charge in [-0.2, -0.15) is 5.10 Å². The molecule has 9 nitrogen and oxygen atoms in total. The molecule has 2 N–H and O–H groups in total. The minimum Gasteiger partial charge on any atom is -0.480 e. The maximum atomic E-state index is 12.7. The van der Waals surface area contributed by atoms with Crippen molar-refractivity contribution in [2.75, 3.05) is 11.9 Å². The molecule has 1 aliphatic rings. The van der Waals surface area contributed by atoms with Crippen LogP contribution in [-0.4, -0.2) is 54.2 Å². The second-order valence-electron chi connectivity index (χ2n) is 6.44. The van der Waals surface area contributed by atoms with E-state index < -0.39 is 12.0 Å². The standard InChI is InChI=1S/C18H18N6O3S/c1-10(17(26)27)24-8-5-13-11(16(24)25)9-14(28-13)12-3-6-19-18(21-12)22-15-4-7-20-23(15)2/h3-4,6-7,9-10H,5,8H2,1-2H3,(H,26,27)(H,19,21,22). The van der Waals surface area contributed by atoms with Crippen LogP contribution in [0.4, 0.5) is 11.8 Å². The van der Waals surface area contributed by atoms with E-state index in [0.29, 0.717) is 30.2 Å². The summed E-state index contributed by atoms with van der Waals surface area (Å²) in [6, 6.07) is 4.54. The van der Waals surface area contributed by atoms with Crippen molar-refractivity contribution in [3.05, 3.63) is 41.0 Å². The van der Waals surface area contributed by atoms with Gasteiger partial charge in [-0.05, 0) is 19.1 Å². The number of nitrogens with zero attached hydrogens (tertiary/aromatic N) is 5. The molecule has 0 saturated heterocycles. The minimum atomic E-state index is -1.01. The second-order valence-corrected chi connectivity index (χ2v) is 7.58. The van der Waals surface area contributed by atoms with Gasteiger partial charge in [0.05, 0.1) is 22.3 Å². The zero-order valence-electron chi connectivity index (χ0n) is 15.3. The van der Waals surface area contributed by atoms with Gasteiger partial charge in [0, 0.05) is 37.2 Å². The number of carboxylic acids is 1. The topological polar surface area (TPSA) is 113 Å². The number of nitrogens with one attached hydrogen (secondary N) is 1. The summed E-state index contributed by atoms with van der Waals surface area (Å²) in [4.78, 5) is 36.0. The Labute approximate surface area is 164 Å². The number of rotatable bonds is 5. The summed E-state index contributed by atoms with van der Waals surface area (Å²) < 4.78 is 1.68. The molecule has 1 aliphatic heterocycles. The number of hydrogen-bond donors (Lipinski definition) is 2. The van der Waals surface area contributed by atoms with E-state index in [1.807, 2.05) is 13.1 Å². The van der Waals surface area contributed by atoms with Crippen molar-refractivity contribution in [3.63, 3.8) is 0 Å². The first-order valence-corrected chi connectivity index (χ1v) is 9.50. The van der Waals surface area contributed by atoms with Crippen molar-refractivity contribution in [3.8, 4) is 10.6 Å². The molecule has 0 radical (unpaired) electrons. The molecule has 1 unspecified atom stereocenters. The minimum absolute atomic E-state index is 0.249. The number of aromatic nitrogens is 4.